The summed E-state index contributed by atoms with van der Waals surface area (Å²) in [5.41, 5.74) is 0.473. The molecule has 0 aliphatic carbocycles. The predicted octanol–water partition coefficient (Wildman–Crippen LogP) is 3.12. The van der Waals surface area contributed by atoms with Gasteiger partial charge in [-0.25, -0.2) is 4.79 Å². The van der Waals surface area contributed by atoms with E-state index in [1.165, 1.54) is 25.0 Å². The Morgan fingerprint density at radius 1 is 1.08 bits per heavy atom. The first-order chi connectivity index (χ1) is 11.5. The van der Waals surface area contributed by atoms with Gasteiger partial charge in [-0.2, -0.15) is 0 Å². The molecule has 24 heavy (non-hydrogen) atoms. The van der Waals surface area contributed by atoms with Gasteiger partial charge in [0.05, 0.1) is 17.2 Å². The lowest BCUT2D eigenvalue weighted by Crippen LogP contribution is -2.34. The number of amides is 2. The number of fused-ring (bicyclic) bond motifs is 1. The molecule has 0 spiro atoms. The summed E-state index contributed by atoms with van der Waals surface area (Å²) in [6.45, 7) is 3.75. The first kappa shape index (κ1) is 18.1. The van der Waals surface area contributed by atoms with Gasteiger partial charge in [0.1, 0.15) is 6.61 Å². The SMILES string of the molecule is CCCCCCC(C)OCC(=O)ON1C(=O)c2ccccc2C1=O. The Labute approximate surface area is 141 Å². The van der Waals surface area contributed by atoms with Crippen molar-refractivity contribution < 1.29 is 24.0 Å². The Morgan fingerprint density at radius 3 is 2.29 bits per heavy atom. The molecular formula is C18H23NO5. The molecule has 130 valence electrons. The van der Waals surface area contributed by atoms with E-state index in [9.17, 15) is 14.4 Å². The molecule has 0 bridgehead atoms. The van der Waals surface area contributed by atoms with Crippen LogP contribution in [0, 0.1) is 0 Å². The monoisotopic (exact) mass is 333 g/mol. The highest BCUT2D eigenvalue weighted by Gasteiger charge is 2.38. The van der Waals surface area contributed by atoms with Crippen LogP contribution in [0.2, 0.25) is 0 Å². The normalized spacial score (nSPS) is 14.7. The van der Waals surface area contributed by atoms with Crippen LogP contribution >= 0.6 is 0 Å². The van der Waals surface area contributed by atoms with Gasteiger partial charge in [0, 0.05) is 0 Å². The maximum absolute atomic E-state index is 12.1. The maximum Gasteiger partial charge on any atom is 0.358 e. The molecule has 1 aliphatic heterocycles. The molecule has 0 saturated heterocycles. The van der Waals surface area contributed by atoms with Gasteiger partial charge in [0.2, 0.25) is 0 Å². The van der Waals surface area contributed by atoms with E-state index in [0.717, 1.165) is 19.3 Å². The molecule has 6 nitrogen and oxygen atoms in total. The van der Waals surface area contributed by atoms with E-state index in [4.69, 9.17) is 9.57 Å². The molecule has 6 heteroatoms. The van der Waals surface area contributed by atoms with Crippen molar-refractivity contribution >= 4 is 17.8 Å². The van der Waals surface area contributed by atoms with Gasteiger partial charge in [0.25, 0.3) is 11.8 Å². The standard InChI is InChI=1S/C18H23NO5/c1-3-4-5-6-9-13(2)23-12-16(20)24-19-17(21)14-10-7-8-11-15(14)18(19)22/h7-8,10-11,13H,3-6,9,12H2,1-2H3. The number of hydrogen-bond acceptors (Lipinski definition) is 5. The zero-order chi connectivity index (χ0) is 17.5. The molecule has 2 rings (SSSR count). The number of hydroxylamine groups is 2. The van der Waals surface area contributed by atoms with E-state index in [1.54, 1.807) is 12.1 Å². The largest absolute Gasteiger partial charge is 0.367 e. The second kappa shape index (κ2) is 8.59. The number of imide groups is 1. The van der Waals surface area contributed by atoms with Crippen molar-refractivity contribution in [3.63, 3.8) is 0 Å². The molecular weight excluding hydrogens is 310 g/mol. The van der Waals surface area contributed by atoms with E-state index in [1.807, 2.05) is 6.92 Å². The summed E-state index contributed by atoms with van der Waals surface area (Å²) < 4.78 is 5.42. The molecule has 0 N–H and O–H groups in total. The number of carbonyl (C=O) groups is 3. The number of ether oxygens (including phenoxy) is 1. The van der Waals surface area contributed by atoms with Crippen LogP contribution in [-0.4, -0.2) is 35.6 Å². The zero-order valence-electron chi connectivity index (χ0n) is 14.1. The molecule has 1 unspecified atom stereocenters. The minimum Gasteiger partial charge on any atom is -0.367 e. The maximum atomic E-state index is 12.1. The van der Waals surface area contributed by atoms with Crippen LogP contribution in [0.15, 0.2) is 24.3 Å². The molecule has 1 aliphatic rings. The minimum atomic E-state index is -0.759. The van der Waals surface area contributed by atoms with Crippen LogP contribution in [0.4, 0.5) is 0 Å². The summed E-state index contributed by atoms with van der Waals surface area (Å²) in [7, 11) is 0. The Hall–Kier alpha value is -2.21. The van der Waals surface area contributed by atoms with Gasteiger partial charge >= 0.3 is 5.97 Å². The lowest BCUT2D eigenvalue weighted by molar-refractivity contribution is -0.175. The number of carbonyl (C=O) groups excluding carboxylic acids is 3. The minimum absolute atomic E-state index is 0.0726. The van der Waals surface area contributed by atoms with Crippen LogP contribution < -0.4 is 0 Å². The first-order valence-corrected chi connectivity index (χ1v) is 8.34. The molecule has 2 amide bonds. The summed E-state index contributed by atoms with van der Waals surface area (Å²) in [4.78, 5) is 40.9. The highest BCUT2D eigenvalue weighted by Crippen LogP contribution is 2.22. The predicted molar refractivity (Wildman–Crippen MR) is 87.2 cm³/mol. The lowest BCUT2D eigenvalue weighted by Gasteiger charge is -2.15. The van der Waals surface area contributed by atoms with Crippen molar-refractivity contribution in [1.29, 1.82) is 0 Å². The Morgan fingerprint density at radius 2 is 1.71 bits per heavy atom. The van der Waals surface area contributed by atoms with Crippen molar-refractivity contribution in [2.75, 3.05) is 6.61 Å². The number of benzene rings is 1. The average Bonchev–Trinajstić information content (AvgIpc) is 2.82. The Bertz CT molecular complexity index is 578. The molecule has 1 aromatic rings. The fraction of sp³-hybridized carbons (Fsp3) is 0.500. The van der Waals surface area contributed by atoms with Crippen molar-refractivity contribution in [2.24, 2.45) is 0 Å². The lowest BCUT2D eigenvalue weighted by atomic mass is 10.1. The van der Waals surface area contributed by atoms with Crippen LogP contribution in [-0.2, 0) is 14.4 Å². The number of hydrogen-bond donors (Lipinski definition) is 0. The summed E-state index contributed by atoms with van der Waals surface area (Å²) >= 11 is 0. The van der Waals surface area contributed by atoms with Gasteiger partial charge in [0.15, 0.2) is 0 Å². The summed E-state index contributed by atoms with van der Waals surface area (Å²) in [5, 5.41) is 0.502. The molecule has 1 atom stereocenters. The molecule has 0 saturated carbocycles. The second-order valence-electron chi connectivity index (χ2n) is 5.88. The second-order valence-corrected chi connectivity index (χ2v) is 5.88. The fourth-order valence-corrected chi connectivity index (χ4v) is 2.53. The number of rotatable bonds is 9. The molecule has 1 heterocycles. The number of nitrogens with zero attached hydrogens (tertiary/aromatic N) is 1. The van der Waals surface area contributed by atoms with Gasteiger partial charge in [-0.05, 0) is 25.5 Å². The van der Waals surface area contributed by atoms with Crippen molar-refractivity contribution in [2.45, 2.75) is 52.1 Å². The van der Waals surface area contributed by atoms with Crippen LogP contribution in [0.3, 0.4) is 0 Å². The van der Waals surface area contributed by atoms with Gasteiger partial charge < -0.3 is 9.57 Å². The van der Waals surface area contributed by atoms with E-state index in [2.05, 4.69) is 6.92 Å². The molecule has 0 aromatic heterocycles. The van der Waals surface area contributed by atoms with Crippen molar-refractivity contribution in [1.82, 2.24) is 5.06 Å². The van der Waals surface area contributed by atoms with E-state index in [-0.39, 0.29) is 23.8 Å². The number of unbranched alkanes of at least 4 members (excludes halogenated alkanes) is 3. The van der Waals surface area contributed by atoms with Crippen LogP contribution in [0.1, 0.15) is 66.7 Å². The van der Waals surface area contributed by atoms with Gasteiger partial charge in [-0.3, -0.25) is 9.59 Å². The summed E-state index contributed by atoms with van der Waals surface area (Å²) in [6, 6.07) is 6.36. The molecule has 0 fully saturated rings. The smallest absolute Gasteiger partial charge is 0.358 e. The Balaban J connectivity index is 1.77. The topological polar surface area (TPSA) is 72.9 Å². The third-order valence-corrected chi connectivity index (χ3v) is 3.90. The first-order valence-electron chi connectivity index (χ1n) is 8.34. The molecule has 0 radical (unpaired) electrons. The van der Waals surface area contributed by atoms with E-state index < -0.39 is 17.8 Å². The fourth-order valence-electron chi connectivity index (χ4n) is 2.53. The van der Waals surface area contributed by atoms with E-state index in [0.29, 0.717) is 5.06 Å². The highest BCUT2D eigenvalue weighted by atomic mass is 16.7. The highest BCUT2D eigenvalue weighted by molar-refractivity contribution is 6.20. The third kappa shape index (κ3) is 4.41. The van der Waals surface area contributed by atoms with E-state index >= 15 is 0 Å². The van der Waals surface area contributed by atoms with Crippen LogP contribution in [0.5, 0.6) is 0 Å². The average molecular weight is 333 g/mol. The van der Waals surface area contributed by atoms with Gasteiger partial charge in [-0.1, -0.05) is 49.8 Å². The summed E-state index contributed by atoms with van der Waals surface area (Å²) in [6.07, 6.45) is 5.33. The van der Waals surface area contributed by atoms with Crippen molar-refractivity contribution in [3.8, 4) is 0 Å². The van der Waals surface area contributed by atoms with Crippen molar-refractivity contribution in [3.05, 3.63) is 35.4 Å². The zero-order valence-corrected chi connectivity index (χ0v) is 14.1. The summed E-state index contributed by atoms with van der Waals surface area (Å²) in [5.74, 6) is -2.02. The third-order valence-electron chi connectivity index (χ3n) is 3.90. The quantitative estimate of drug-likeness (QED) is 0.513. The Kier molecular flexibility index (Phi) is 6.49. The van der Waals surface area contributed by atoms with Crippen LogP contribution in [0.25, 0.3) is 0 Å². The van der Waals surface area contributed by atoms with Gasteiger partial charge in [-0.15, -0.1) is 0 Å². The molecule has 1 aromatic carbocycles.